The minimum absolute atomic E-state index is 0.216. The van der Waals surface area contributed by atoms with Crippen molar-refractivity contribution in [3.05, 3.63) is 22.8 Å². The van der Waals surface area contributed by atoms with Crippen LogP contribution in [0, 0.1) is 0 Å². The summed E-state index contributed by atoms with van der Waals surface area (Å²) in [6, 6.07) is 3.81. The third-order valence-electron chi connectivity index (χ3n) is 3.63. The van der Waals surface area contributed by atoms with Gasteiger partial charge in [-0.2, -0.15) is 4.98 Å². The van der Waals surface area contributed by atoms with E-state index in [0.717, 1.165) is 36.1 Å². The van der Waals surface area contributed by atoms with Crippen molar-refractivity contribution in [2.45, 2.75) is 25.7 Å². The van der Waals surface area contributed by atoms with Crippen LogP contribution in [0.15, 0.2) is 22.8 Å². The van der Waals surface area contributed by atoms with Crippen molar-refractivity contribution in [1.82, 2.24) is 19.5 Å². The van der Waals surface area contributed by atoms with E-state index < -0.39 is 0 Å². The van der Waals surface area contributed by atoms with E-state index in [4.69, 9.17) is 0 Å². The predicted octanol–water partition coefficient (Wildman–Crippen LogP) is 2.31. The largest absolute Gasteiger partial charge is 0.352 e. The maximum atomic E-state index is 12.0. The highest BCUT2D eigenvalue weighted by molar-refractivity contribution is 9.10. The average molecular weight is 352 g/mol. The maximum absolute atomic E-state index is 12.0. The third kappa shape index (κ3) is 3.53. The fourth-order valence-electron chi connectivity index (χ4n) is 2.52. The summed E-state index contributed by atoms with van der Waals surface area (Å²) in [7, 11) is 0. The Kier molecular flexibility index (Phi) is 4.38. The number of carbonyl (C=O) groups excluding carboxylic acids is 1. The van der Waals surface area contributed by atoms with E-state index >= 15 is 0 Å². The van der Waals surface area contributed by atoms with E-state index in [2.05, 4.69) is 31.3 Å². The van der Waals surface area contributed by atoms with Crippen LogP contribution in [-0.2, 0) is 4.79 Å². The molecule has 0 saturated carbocycles. The SMILES string of the molecule is O=C(CCNc1nc2ccc(Br)cn2n1)N1CCCCC1. The molecule has 0 atom stereocenters. The van der Waals surface area contributed by atoms with Gasteiger partial charge in [0.05, 0.1) is 0 Å². The van der Waals surface area contributed by atoms with Crippen molar-refractivity contribution in [2.24, 2.45) is 0 Å². The van der Waals surface area contributed by atoms with Crippen LogP contribution in [-0.4, -0.2) is 45.0 Å². The smallest absolute Gasteiger partial charge is 0.243 e. The zero-order valence-electron chi connectivity index (χ0n) is 11.8. The predicted molar refractivity (Wildman–Crippen MR) is 84.2 cm³/mol. The molecule has 0 radical (unpaired) electrons. The van der Waals surface area contributed by atoms with Crippen molar-refractivity contribution in [2.75, 3.05) is 25.0 Å². The lowest BCUT2D eigenvalue weighted by Crippen LogP contribution is -2.36. The Hall–Kier alpha value is -1.63. The van der Waals surface area contributed by atoms with Gasteiger partial charge >= 0.3 is 0 Å². The highest BCUT2D eigenvalue weighted by Crippen LogP contribution is 2.13. The Bertz CT molecular complexity index is 635. The molecule has 21 heavy (non-hydrogen) atoms. The van der Waals surface area contributed by atoms with Gasteiger partial charge in [0.25, 0.3) is 0 Å². The van der Waals surface area contributed by atoms with Crippen LogP contribution in [0.3, 0.4) is 0 Å². The molecule has 1 saturated heterocycles. The molecule has 0 aromatic carbocycles. The number of likely N-dealkylation sites (tertiary alicyclic amines) is 1. The van der Waals surface area contributed by atoms with Gasteiger partial charge in [0.1, 0.15) is 0 Å². The number of aromatic nitrogens is 3. The van der Waals surface area contributed by atoms with Gasteiger partial charge < -0.3 is 10.2 Å². The molecule has 6 nitrogen and oxygen atoms in total. The number of carbonyl (C=O) groups is 1. The third-order valence-corrected chi connectivity index (χ3v) is 4.09. The quantitative estimate of drug-likeness (QED) is 0.917. The summed E-state index contributed by atoms with van der Waals surface area (Å²) in [5.41, 5.74) is 0.781. The average Bonchev–Trinajstić information content (AvgIpc) is 2.89. The zero-order chi connectivity index (χ0) is 14.7. The summed E-state index contributed by atoms with van der Waals surface area (Å²) >= 11 is 3.40. The number of nitrogens with one attached hydrogen (secondary N) is 1. The molecular weight excluding hydrogens is 334 g/mol. The van der Waals surface area contributed by atoms with Crippen LogP contribution in [0.1, 0.15) is 25.7 Å². The van der Waals surface area contributed by atoms with Gasteiger partial charge in [-0.05, 0) is 47.3 Å². The molecular formula is C14H18BrN5O. The van der Waals surface area contributed by atoms with E-state index in [1.54, 1.807) is 4.52 Å². The topological polar surface area (TPSA) is 62.5 Å². The van der Waals surface area contributed by atoms with Crippen LogP contribution in [0.2, 0.25) is 0 Å². The second-order valence-corrected chi connectivity index (χ2v) is 6.12. The number of pyridine rings is 1. The number of piperidine rings is 1. The molecule has 0 unspecified atom stereocenters. The molecule has 7 heteroatoms. The lowest BCUT2D eigenvalue weighted by Gasteiger charge is -2.26. The number of hydrogen-bond donors (Lipinski definition) is 1. The van der Waals surface area contributed by atoms with Crippen molar-refractivity contribution in [3.63, 3.8) is 0 Å². The summed E-state index contributed by atoms with van der Waals surface area (Å²) in [5.74, 6) is 0.772. The minimum Gasteiger partial charge on any atom is -0.352 e. The van der Waals surface area contributed by atoms with E-state index in [1.165, 1.54) is 6.42 Å². The Morgan fingerprint density at radius 3 is 2.90 bits per heavy atom. The van der Waals surface area contributed by atoms with Crippen molar-refractivity contribution in [3.8, 4) is 0 Å². The molecule has 0 aliphatic carbocycles. The Balaban J connectivity index is 1.53. The normalized spacial score (nSPS) is 15.4. The van der Waals surface area contributed by atoms with E-state index in [-0.39, 0.29) is 5.91 Å². The van der Waals surface area contributed by atoms with Gasteiger partial charge in [-0.1, -0.05) is 0 Å². The van der Waals surface area contributed by atoms with Gasteiger partial charge in [0.2, 0.25) is 11.9 Å². The second-order valence-electron chi connectivity index (χ2n) is 5.20. The molecule has 1 amide bonds. The number of anilines is 1. The van der Waals surface area contributed by atoms with Crippen molar-refractivity contribution in [1.29, 1.82) is 0 Å². The molecule has 3 rings (SSSR count). The molecule has 112 valence electrons. The van der Waals surface area contributed by atoms with E-state index in [0.29, 0.717) is 18.9 Å². The van der Waals surface area contributed by atoms with Crippen LogP contribution >= 0.6 is 15.9 Å². The molecule has 2 aromatic rings. The molecule has 1 aliphatic heterocycles. The molecule has 1 N–H and O–H groups in total. The van der Waals surface area contributed by atoms with E-state index in [9.17, 15) is 4.79 Å². The first kappa shape index (κ1) is 14.3. The summed E-state index contributed by atoms with van der Waals surface area (Å²) in [4.78, 5) is 18.4. The van der Waals surface area contributed by atoms with Gasteiger partial charge in [-0.25, -0.2) is 4.52 Å². The van der Waals surface area contributed by atoms with Crippen LogP contribution in [0.5, 0.6) is 0 Å². The number of nitrogens with zero attached hydrogens (tertiary/aromatic N) is 4. The van der Waals surface area contributed by atoms with E-state index in [1.807, 2.05) is 23.2 Å². The lowest BCUT2D eigenvalue weighted by atomic mass is 10.1. The van der Waals surface area contributed by atoms with Crippen LogP contribution in [0.25, 0.3) is 5.65 Å². The van der Waals surface area contributed by atoms with Crippen LogP contribution < -0.4 is 5.32 Å². The summed E-state index contributed by atoms with van der Waals surface area (Å²) < 4.78 is 2.66. The zero-order valence-corrected chi connectivity index (χ0v) is 13.3. The van der Waals surface area contributed by atoms with Gasteiger partial charge in [-0.3, -0.25) is 4.79 Å². The summed E-state index contributed by atoms with van der Waals surface area (Å²) in [6.45, 7) is 2.37. The standard InChI is InChI=1S/C14H18BrN5O/c15-11-4-5-12-17-14(18-20(12)10-11)16-7-6-13(21)19-8-2-1-3-9-19/h4-5,10H,1-3,6-9H2,(H,16,18). The second kappa shape index (κ2) is 6.43. The van der Waals surface area contributed by atoms with Crippen LogP contribution in [0.4, 0.5) is 5.95 Å². The molecule has 0 bridgehead atoms. The summed E-state index contributed by atoms with van der Waals surface area (Å²) in [6.07, 6.45) is 5.83. The molecule has 1 fully saturated rings. The number of hydrogen-bond acceptors (Lipinski definition) is 4. The molecule has 2 aromatic heterocycles. The fraction of sp³-hybridized carbons (Fsp3) is 0.500. The molecule has 0 spiro atoms. The van der Waals surface area contributed by atoms with Gasteiger partial charge in [0, 0.05) is 36.7 Å². The molecule has 3 heterocycles. The Morgan fingerprint density at radius 2 is 2.10 bits per heavy atom. The number of halogens is 1. The Labute approximate surface area is 131 Å². The van der Waals surface area contributed by atoms with Crippen molar-refractivity contribution < 1.29 is 4.79 Å². The van der Waals surface area contributed by atoms with Crippen molar-refractivity contribution >= 4 is 33.4 Å². The number of rotatable bonds is 4. The first-order valence-electron chi connectivity index (χ1n) is 7.26. The maximum Gasteiger partial charge on any atom is 0.243 e. The highest BCUT2D eigenvalue weighted by atomic mass is 79.9. The summed E-state index contributed by atoms with van der Waals surface area (Å²) in [5, 5.41) is 7.44. The number of amides is 1. The fourth-order valence-corrected chi connectivity index (χ4v) is 2.84. The highest BCUT2D eigenvalue weighted by Gasteiger charge is 2.15. The first-order valence-corrected chi connectivity index (χ1v) is 8.05. The monoisotopic (exact) mass is 351 g/mol. The lowest BCUT2D eigenvalue weighted by molar-refractivity contribution is -0.131. The minimum atomic E-state index is 0.216. The molecule has 1 aliphatic rings. The first-order chi connectivity index (χ1) is 10.2. The van der Waals surface area contributed by atoms with Gasteiger partial charge in [0.15, 0.2) is 5.65 Å². The van der Waals surface area contributed by atoms with Gasteiger partial charge in [-0.15, -0.1) is 5.10 Å². The number of fused-ring (bicyclic) bond motifs is 1. The Morgan fingerprint density at radius 1 is 1.29 bits per heavy atom.